The van der Waals surface area contributed by atoms with Crippen LogP contribution in [0, 0.1) is 6.92 Å². The summed E-state index contributed by atoms with van der Waals surface area (Å²) in [6.07, 6.45) is 1.99. The number of hydrogen-bond donors (Lipinski definition) is 2. The molecule has 0 fully saturated rings. The van der Waals surface area contributed by atoms with Gasteiger partial charge in [-0.1, -0.05) is 0 Å². The van der Waals surface area contributed by atoms with Crippen LogP contribution >= 0.6 is 0 Å². The zero-order valence-corrected chi connectivity index (χ0v) is 7.07. The van der Waals surface area contributed by atoms with Crippen molar-refractivity contribution in [2.75, 3.05) is 0 Å². The largest absolute Gasteiger partial charge is 0.277 e. The van der Waals surface area contributed by atoms with E-state index in [1.54, 1.807) is 25.3 Å². The number of amides is 2. The Morgan fingerprint density at radius 1 is 1.62 bits per heavy atom. The molecule has 1 aromatic heterocycles. The molecule has 0 bridgehead atoms. The third-order valence-corrected chi connectivity index (χ3v) is 1.50. The lowest BCUT2D eigenvalue weighted by Crippen LogP contribution is -2.36. The fourth-order valence-electron chi connectivity index (χ4n) is 0.887. The van der Waals surface area contributed by atoms with E-state index < -0.39 is 0 Å². The maximum atomic E-state index is 11.3. The van der Waals surface area contributed by atoms with Crippen molar-refractivity contribution < 1.29 is 9.59 Å². The summed E-state index contributed by atoms with van der Waals surface area (Å²) in [7, 11) is 0. The van der Waals surface area contributed by atoms with Crippen molar-refractivity contribution >= 4 is 12.3 Å². The smallest absolute Gasteiger partial charge is 0.271 e. The molecule has 0 unspecified atom stereocenters. The molecular weight excluding hydrogens is 170 g/mol. The highest BCUT2D eigenvalue weighted by Gasteiger charge is 2.07. The van der Waals surface area contributed by atoms with Gasteiger partial charge in [0.05, 0.1) is 11.3 Å². The van der Waals surface area contributed by atoms with E-state index >= 15 is 0 Å². The summed E-state index contributed by atoms with van der Waals surface area (Å²) in [5.41, 5.74) is 5.32. The van der Waals surface area contributed by atoms with Crippen LogP contribution < -0.4 is 10.9 Å². The van der Waals surface area contributed by atoms with Gasteiger partial charge in [0.25, 0.3) is 5.91 Å². The molecule has 1 aromatic rings. The molecule has 5 nitrogen and oxygen atoms in total. The van der Waals surface area contributed by atoms with E-state index in [2.05, 4.69) is 15.8 Å². The van der Waals surface area contributed by atoms with Crippen LogP contribution in [-0.4, -0.2) is 17.3 Å². The van der Waals surface area contributed by atoms with Gasteiger partial charge in [0.2, 0.25) is 6.41 Å². The fraction of sp³-hybridized carbons (Fsp3) is 0.125. The van der Waals surface area contributed by atoms with Gasteiger partial charge in [0, 0.05) is 6.20 Å². The molecule has 0 radical (unpaired) electrons. The summed E-state index contributed by atoms with van der Waals surface area (Å²) in [5, 5.41) is 0. The summed E-state index contributed by atoms with van der Waals surface area (Å²) >= 11 is 0. The number of pyridine rings is 1. The number of nitrogens with zero attached hydrogens (tertiary/aromatic N) is 1. The van der Waals surface area contributed by atoms with Crippen molar-refractivity contribution in [3.05, 3.63) is 29.6 Å². The van der Waals surface area contributed by atoms with Crippen LogP contribution in [-0.2, 0) is 4.79 Å². The Morgan fingerprint density at radius 3 is 3.00 bits per heavy atom. The van der Waals surface area contributed by atoms with Crippen LogP contribution in [0.2, 0.25) is 0 Å². The molecule has 2 amide bonds. The first kappa shape index (κ1) is 9.18. The first-order valence-corrected chi connectivity index (χ1v) is 3.67. The predicted octanol–water partition coefficient (Wildman–Crippen LogP) is -0.219. The lowest BCUT2D eigenvalue weighted by molar-refractivity contribution is -0.110. The second-order valence-electron chi connectivity index (χ2n) is 2.35. The third kappa shape index (κ3) is 2.26. The molecule has 0 aliphatic carbocycles. The van der Waals surface area contributed by atoms with E-state index in [9.17, 15) is 9.59 Å². The molecule has 0 saturated carbocycles. The molecule has 0 spiro atoms. The van der Waals surface area contributed by atoms with Crippen molar-refractivity contribution in [1.29, 1.82) is 0 Å². The van der Waals surface area contributed by atoms with Crippen LogP contribution in [0.3, 0.4) is 0 Å². The topological polar surface area (TPSA) is 71.1 Å². The third-order valence-electron chi connectivity index (χ3n) is 1.50. The van der Waals surface area contributed by atoms with Gasteiger partial charge >= 0.3 is 0 Å². The molecule has 0 aromatic carbocycles. The number of rotatable bonds is 3. The number of carbonyl (C=O) groups is 2. The van der Waals surface area contributed by atoms with Crippen LogP contribution in [0.15, 0.2) is 18.3 Å². The number of aromatic nitrogens is 1. The Labute approximate surface area is 75.1 Å². The van der Waals surface area contributed by atoms with Crippen LogP contribution in [0.25, 0.3) is 0 Å². The Morgan fingerprint density at radius 2 is 2.38 bits per heavy atom. The van der Waals surface area contributed by atoms with Gasteiger partial charge in [0.15, 0.2) is 0 Å². The Bertz CT molecular complexity index is 325. The number of hydrazine groups is 1. The van der Waals surface area contributed by atoms with Gasteiger partial charge < -0.3 is 0 Å². The lowest BCUT2D eigenvalue weighted by atomic mass is 10.2. The van der Waals surface area contributed by atoms with Crippen molar-refractivity contribution in [3.63, 3.8) is 0 Å². The first-order chi connectivity index (χ1) is 6.25. The molecule has 5 heteroatoms. The molecule has 1 heterocycles. The van der Waals surface area contributed by atoms with Crippen molar-refractivity contribution in [2.24, 2.45) is 0 Å². The monoisotopic (exact) mass is 179 g/mol. The van der Waals surface area contributed by atoms with E-state index in [1.807, 2.05) is 0 Å². The summed E-state index contributed by atoms with van der Waals surface area (Å²) in [6.45, 7) is 1.72. The second-order valence-corrected chi connectivity index (χ2v) is 2.35. The van der Waals surface area contributed by atoms with E-state index in [-0.39, 0.29) is 5.91 Å². The van der Waals surface area contributed by atoms with Gasteiger partial charge in [-0.3, -0.25) is 25.4 Å². The molecule has 2 N–H and O–H groups in total. The average Bonchev–Trinajstić information content (AvgIpc) is 2.15. The lowest BCUT2D eigenvalue weighted by Gasteiger charge is -2.03. The van der Waals surface area contributed by atoms with Gasteiger partial charge in [-0.05, 0) is 19.1 Å². The molecule has 13 heavy (non-hydrogen) atoms. The number of nitrogens with one attached hydrogen (secondary N) is 2. The van der Waals surface area contributed by atoms with Gasteiger partial charge in [0.1, 0.15) is 0 Å². The van der Waals surface area contributed by atoms with Crippen LogP contribution in [0.5, 0.6) is 0 Å². The minimum absolute atomic E-state index is 0.377. The first-order valence-electron chi connectivity index (χ1n) is 3.67. The van der Waals surface area contributed by atoms with Crippen LogP contribution in [0.1, 0.15) is 16.1 Å². The van der Waals surface area contributed by atoms with Crippen LogP contribution in [0.4, 0.5) is 0 Å². The molecular formula is C8H9N3O2. The van der Waals surface area contributed by atoms with E-state index in [1.165, 1.54) is 0 Å². The summed E-state index contributed by atoms with van der Waals surface area (Å²) in [5.74, 6) is -0.377. The second kappa shape index (κ2) is 4.20. The Kier molecular flexibility index (Phi) is 2.97. The standard InChI is InChI=1S/C8H9N3O2/c1-6-7(3-2-4-9-6)8(13)11-10-5-12/h2-5H,1H3,(H,10,12)(H,11,13). The minimum Gasteiger partial charge on any atom is -0.277 e. The molecule has 0 aliphatic heterocycles. The van der Waals surface area contributed by atoms with E-state index in [4.69, 9.17) is 0 Å². The highest BCUT2D eigenvalue weighted by atomic mass is 16.2. The Hall–Kier alpha value is -1.91. The van der Waals surface area contributed by atoms with Crippen molar-refractivity contribution in [3.8, 4) is 0 Å². The highest BCUT2D eigenvalue weighted by molar-refractivity contribution is 5.95. The zero-order valence-electron chi connectivity index (χ0n) is 7.07. The molecule has 0 atom stereocenters. The quantitative estimate of drug-likeness (QED) is 0.497. The fourth-order valence-corrected chi connectivity index (χ4v) is 0.887. The highest BCUT2D eigenvalue weighted by Crippen LogP contribution is 2.01. The zero-order chi connectivity index (χ0) is 9.68. The van der Waals surface area contributed by atoms with E-state index in [0.29, 0.717) is 17.7 Å². The number of hydrogen-bond acceptors (Lipinski definition) is 3. The number of aryl methyl sites for hydroxylation is 1. The molecule has 0 aliphatic rings. The molecule has 0 saturated heterocycles. The Balaban J connectivity index is 2.76. The maximum absolute atomic E-state index is 11.3. The van der Waals surface area contributed by atoms with Crippen molar-refractivity contribution in [2.45, 2.75) is 6.92 Å². The minimum atomic E-state index is -0.377. The SMILES string of the molecule is Cc1ncccc1C(=O)NNC=O. The van der Waals surface area contributed by atoms with Gasteiger partial charge in [-0.25, -0.2) is 0 Å². The summed E-state index contributed by atoms with van der Waals surface area (Å²) < 4.78 is 0. The molecule has 68 valence electrons. The van der Waals surface area contributed by atoms with E-state index in [0.717, 1.165) is 0 Å². The van der Waals surface area contributed by atoms with Gasteiger partial charge in [-0.2, -0.15) is 0 Å². The summed E-state index contributed by atoms with van der Waals surface area (Å²) in [4.78, 5) is 25.1. The number of carbonyl (C=O) groups excluding carboxylic acids is 2. The summed E-state index contributed by atoms with van der Waals surface area (Å²) in [6, 6.07) is 3.28. The maximum Gasteiger partial charge on any atom is 0.271 e. The van der Waals surface area contributed by atoms with Gasteiger partial charge in [-0.15, -0.1) is 0 Å². The average molecular weight is 179 g/mol. The normalized spacial score (nSPS) is 9.00. The predicted molar refractivity (Wildman–Crippen MR) is 45.6 cm³/mol. The molecule has 1 rings (SSSR count). The van der Waals surface area contributed by atoms with Crippen molar-refractivity contribution in [1.82, 2.24) is 15.8 Å².